The summed E-state index contributed by atoms with van der Waals surface area (Å²) in [5, 5.41) is 0. The van der Waals surface area contributed by atoms with E-state index in [1.807, 2.05) is 37.2 Å². The highest BCUT2D eigenvalue weighted by Crippen LogP contribution is 2.23. The quantitative estimate of drug-likeness (QED) is 0.760. The van der Waals surface area contributed by atoms with Crippen LogP contribution < -0.4 is 15.4 Å². The Morgan fingerprint density at radius 3 is 2.54 bits per heavy atom. The summed E-state index contributed by atoms with van der Waals surface area (Å²) in [5.41, 5.74) is 7.77. The molecule has 0 atom stereocenters. The predicted molar refractivity (Wildman–Crippen MR) is 55.2 cm³/mol. The van der Waals surface area contributed by atoms with Crippen molar-refractivity contribution in [1.29, 1.82) is 0 Å². The van der Waals surface area contributed by atoms with Crippen molar-refractivity contribution in [3.8, 4) is 5.75 Å². The van der Waals surface area contributed by atoms with Gasteiger partial charge in [0.25, 0.3) is 0 Å². The SMILES string of the molecule is COc1ccc(N(C)C)cc1CN. The fourth-order valence-corrected chi connectivity index (χ4v) is 1.20. The molecule has 0 unspecified atom stereocenters. The van der Waals surface area contributed by atoms with Gasteiger partial charge in [0.1, 0.15) is 5.75 Å². The van der Waals surface area contributed by atoms with E-state index < -0.39 is 0 Å². The van der Waals surface area contributed by atoms with E-state index in [4.69, 9.17) is 10.5 Å². The first-order valence-electron chi connectivity index (χ1n) is 4.23. The molecule has 0 radical (unpaired) electrons. The number of hydrogen-bond acceptors (Lipinski definition) is 3. The molecule has 13 heavy (non-hydrogen) atoms. The smallest absolute Gasteiger partial charge is 0.123 e. The molecule has 2 N–H and O–H groups in total. The van der Waals surface area contributed by atoms with E-state index in [0.717, 1.165) is 17.0 Å². The number of benzene rings is 1. The van der Waals surface area contributed by atoms with Gasteiger partial charge in [-0.05, 0) is 18.2 Å². The number of nitrogens with zero attached hydrogens (tertiary/aromatic N) is 1. The van der Waals surface area contributed by atoms with Gasteiger partial charge < -0.3 is 15.4 Å². The zero-order valence-corrected chi connectivity index (χ0v) is 8.37. The molecule has 72 valence electrons. The number of methoxy groups -OCH3 is 1. The van der Waals surface area contributed by atoms with Gasteiger partial charge in [0.2, 0.25) is 0 Å². The second-order valence-corrected chi connectivity index (χ2v) is 3.09. The monoisotopic (exact) mass is 180 g/mol. The van der Waals surface area contributed by atoms with Gasteiger partial charge in [-0.1, -0.05) is 0 Å². The molecule has 0 aliphatic carbocycles. The minimum absolute atomic E-state index is 0.505. The van der Waals surface area contributed by atoms with E-state index in [2.05, 4.69) is 0 Å². The Morgan fingerprint density at radius 2 is 2.08 bits per heavy atom. The Kier molecular flexibility index (Phi) is 3.14. The number of ether oxygens (including phenoxy) is 1. The lowest BCUT2D eigenvalue weighted by molar-refractivity contribution is 0.410. The molecule has 1 rings (SSSR count). The van der Waals surface area contributed by atoms with Gasteiger partial charge in [0.15, 0.2) is 0 Å². The molecule has 0 amide bonds. The maximum absolute atomic E-state index is 5.60. The maximum atomic E-state index is 5.60. The summed E-state index contributed by atoms with van der Waals surface area (Å²) in [5.74, 6) is 0.855. The van der Waals surface area contributed by atoms with Gasteiger partial charge in [0.05, 0.1) is 7.11 Å². The summed E-state index contributed by atoms with van der Waals surface area (Å²) in [6.07, 6.45) is 0. The Bertz CT molecular complexity index is 284. The van der Waals surface area contributed by atoms with Crippen molar-refractivity contribution in [2.75, 3.05) is 26.1 Å². The molecule has 0 saturated heterocycles. The number of rotatable bonds is 3. The van der Waals surface area contributed by atoms with E-state index >= 15 is 0 Å². The number of nitrogens with two attached hydrogens (primary N) is 1. The van der Waals surface area contributed by atoms with Crippen molar-refractivity contribution in [2.24, 2.45) is 5.73 Å². The molecule has 0 aliphatic heterocycles. The van der Waals surface area contributed by atoms with Crippen molar-refractivity contribution < 1.29 is 4.74 Å². The van der Waals surface area contributed by atoms with Gasteiger partial charge in [-0.15, -0.1) is 0 Å². The molecule has 0 saturated carbocycles. The third kappa shape index (κ3) is 2.12. The van der Waals surface area contributed by atoms with Crippen molar-refractivity contribution >= 4 is 5.69 Å². The Morgan fingerprint density at radius 1 is 1.38 bits per heavy atom. The fourth-order valence-electron chi connectivity index (χ4n) is 1.20. The highest BCUT2D eigenvalue weighted by atomic mass is 16.5. The first kappa shape index (κ1) is 9.86. The van der Waals surface area contributed by atoms with E-state index in [1.54, 1.807) is 7.11 Å². The normalized spacial score (nSPS) is 9.85. The van der Waals surface area contributed by atoms with Crippen molar-refractivity contribution in [3.05, 3.63) is 23.8 Å². The van der Waals surface area contributed by atoms with Crippen LogP contribution in [0.1, 0.15) is 5.56 Å². The van der Waals surface area contributed by atoms with E-state index in [9.17, 15) is 0 Å². The van der Waals surface area contributed by atoms with Crippen molar-refractivity contribution in [1.82, 2.24) is 0 Å². The molecule has 3 heteroatoms. The molecular weight excluding hydrogens is 164 g/mol. The van der Waals surface area contributed by atoms with Gasteiger partial charge in [-0.3, -0.25) is 0 Å². The zero-order valence-electron chi connectivity index (χ0n) is 8.37. The minimum atomic E-state index is 0.505. The Hall–Kier alpha value is -1.22. The lowest BCUT2D eigenvalue weighted by atomic mass is 10.1. The lowest BCUT2D eigenvalue weighted by Gasteiger charge is -2.15. The van der Waals surface area contributed by atoms with Gasteiger partial charge in [-0.2, -0.15) is 0 Å². The highest BCUT2D eigenvalue weighted by molar-refractivity contribution is 5.52. The van der Waals surface area contributed by atoms with Crippen LogP contribution in [0, 0.1) is 0 Å². The molecule has 1 aromatic carbocycles. The summed E-state index contributed by atoms with van der Waals surface area (Å²) in [4.78, 5) is 2.04. The number of hydrogen-bond donors (Lipinski definition) is 1. The number of anilines is 1. The topological polar surface area (TPSA) is 38.5 Å². The molecule has 0 aromatic heterocycles. The molecule has 0 aliphatic rings. The van der Waals surface area contributed by atoms with Gasteiger partial charge in [0, 0.05) is 31.9 Å². The predicted octanol–water partition coefficient (Wildman–Crippen LogP) is 1.22. The van der Waals surface area contributed by atoms with Gasteiger partial charge >= 0.3 is 0 Å². The molecule has 1 aromatic rings. The average Bonchev–Trinajstić information content (AvgIpc) is 2.16. The first-order valence-corrected chi connectivity index (χ1v) is 4.23. The summed E-state index contributed by atoms with van der Waals surface area (Å²) in [7, 11) is 5.66. The second kappa shape index (κ2) is 4.14. The van der Waals surface area contributed by atoms with Gasteiger partial charge in [-0.25, -0.2) is 0 Å². The van der Waals surface area contributed by atoms with Crippen LogP contribution in [0.5, 0.6) is 5.75 Å². The van der Waals surface area contributed by atoms with Crippen LogP contribution in [0.3, 0.4) is 0 Å². The van der Waals surface area contributed by atoms with Crippen LogP contribution in [0.2, 0.25) is 0 Å². The van der Waals surface area contributed by atoms with Crippen LogP contribution in [-0.4, -0.2) is 21.2 Å². The van der Waals surface area contributed by atoms with Crippen LogP contribution in [0.15, 0.2) is 18.2 Å². The van der Waals surface area contributed by atoms with Crippen LogP contribution in [0.4, 0.5) is 5.69 Å². The molecule has 0 heterocycles. The van der Waals surface area contributed by atoms with E-state index in [0.29, 0.717) is 6.54 Å². The largest absolute Gasteiger partial charge is 0.496 e. The molecule has 0 spiro atoms. The van der Waals surface area contributed by atoms with Crippen molar-refractivity contribution in [3.63, 3.8) is 0 Å². The summed E-state index contributed by atoms with van der Waals surface area (Å²) in [6.45, 7) is 0.505. The summed E-state index contributed by atoms with van der Waals surface area (Å²) in [6, 6.07) is 5.99. The third-order valence-corrected chi connectivity index (χ3v) is 2.00. The first-order chi connectivity index (χ1) is 6.19. The Balaban J connectivity index is 3.05. The fraction of sp³-hybridized carbons (Fsp3) is 0.400. The molecule has 0 bridgehead atoms. The van der Waals surface area contributed by atoms with Crippen LogP contribution in [-0.2, 0) is 6.54 Å². The maximum Gasteiger partial charge on any atom is 0.123 e. The summed E-state index contributed by atoms with van der Waals surface area (Å²) < 4.78 is 5.17. The van der Waals surface area contributed by atoms with Crippen molar-refractivity contribution in [2.45, 2.75) is 6.54 Å². The second-order valence-electron chi connectivity index (χ2n) is 3.09. The molecule has 3 nitrogen and oxygen atoms in total. The molecule has 0 fully saturated rings. The zero-order chi connectivity index (χ0) is 9.84. The molecular formula is C10H16N2O. The highest BCUT2D eigenvalue weighted by Gasteiger charge is 2.03. The van der Waals surface area contributed by atoms with Crippen LogP contribution in [0.25, 0.3) is 0 Å². The Labute approximate surface area is 79.1 Å². The van der Waals surface area contributed by atoms with E-state index in [1.165, 1.54) is 0 Å². The lowest BCUT2D eigenvalue weighted by Crippen LogP contribution is -2.10. The average molecular weight is 180 g/mol. The standard InChI is InChI=1S/C10H16N2O/c1-12(2)9-4-5-10(13-3)8(6-9)7-11/h4-6H,7,11H2,1-3H3. The minimum Gasteiger partial charge on any atom is -0.496 e. The van der Waals surface area contributed by atoms with E-state index in [-0.39, 0.29) is 0 Å². The summed E-state index contributed by atoms with van der Waals surface area (Å²) >= 11 is 0. The van der Waals surface area contributed by atoms with Crippen LogP contribution >= 0.6 is 0 Å². The third-order valence-electron chi connectivity index (χ3n) is 2.00.